The zero-order chi connectivity index (χ0) is 19.9. The molecule has 1 heterocycles. The van der Waals surface area contributed by atoms with Crippen molar-refractivity contribution in [2.24, 2.45) is 0 Å². The number of hydrogen-bond donors (Lipinski definition) is 2. The molecule has 2 aromatic rings. The van der Waals surface area contributed by atoms with Crippen LogP contribution in [-0.2, 0) is 10.5 Å². The Kier molecular flexibility index (Phi) is 7.21. The molecule has 3 rings (SSSR count). The van der Waals surface area contributed by atoms with Gasteiger partial charge in [-0.1, -0.05) is 23.7 Å². The van der Waals surface area contributed by atoms with Gasteiger partial charge in [-0.15, -0.1) is 11.8 Å². The van der Waals surface area contributed by atoms with Crippen molar-refractivity contribution >= 4 is 40.6 Å². The van der Waals surface area contributed by atoms with Crippen LogP contribution in [0.25, 0.3) is 0 Å². The van der Waals surface area contributed by atoms with Crippen molar-refractivity contribution in [3.05, 3.63) is 58.6 Å². The SMILES string of the molecule is N#Cc1cc(NC(=O)CSCc2ccc(Cl)cc2)ccc1N1CCC(O)CC1. The lowest BCUT2D eigenvalue weighted by atomic mass is 10.0. The maximum absolute atomic E-state index is 12.2. The van der Waals surface area contributed by atoms with Crippen molar-refractivity contribution < 1.29 is 9.90 Å². The van der Waals surface area contributed by atoms with Gasteiger partial charge in [-0.25, -0.2) is 0 Å². The van der Waals surface area contributed by atoms with Gasteiger partial charge in [0.2, 0.25) is 5.91 Å². The Labute approximate surface area is 174 Å². The largest absolute Gasteiger partial charge is 0.393 e. The molecular formula is C21H22ClN3O2S. The van der Waals surface area contributed by atoms with Crippen LogP contribution in [0.1, 0.15) is 24.0 Å². The predicted octanol–water partition coefficient (Wildman–Crippen LogP) is 4.04. The van der Waals surface area contributed by atoms with E-state index in [0.717, 1.165) is 30.1 Å². The number of amides is 1. The normalized spacial score (nSPS) is 14.5. The molecule has 0 bridgehead atoms. The molecule has 1 aliphatic heterocycles. The van der Waals surface area contributed by atoms with Crippen LogP contribution in [0.2, 0.25) is 5.02 Å². The van der Waals surface area contributed by atoms with Crippen LogP contribution in [-0.4, -0.2) is 36.0 Å². The van der Waals surface area contributed by atoms with E-state index >= 15 is 0 Å². The Bertz CT molecular complexity index is 859. The number of halogens is 1. The van der Waals surface area contributed by atoms with Crippen LogP contribution in [0.3, 0.4) is 0 Å². The molecule has 2 N–H and O–H groups in total. The Hall–Kier alpha value is -2.20. The monoisotopic (exact) mass is 415 g/mol. The minimum atomic E-state index is -0.259. The van der Waals surface area contributed by atoms with Gasteiger partial charge in [0.25, 0.3) is 0 Å². The van der Waals surface area contributed by atoms with Gasteiger partial charge in [0.15, 0.2) is 0 Å². The standard InChI is InChI=1S/C21H22ClN3O2S/c22-17-3-1-15(2-4-17)13-28-14-21(27)24-18-5-6-20(16(11-18)12-23)25-9-7-19(26)8-10-25/h1-6,11,19,26H,7-10,13-14H2,(H,24,27). The van der Waals surface area contributed by atoms with Crippen LogP contribution < -0.4 is 10.2 Å². The van der Waals surface area contributed by atoms with E-state index in [9.17, 15) is 15.2 Å². The summed E-state index contributed by atoms with van der Waals surface area (Å²) in [6, 6.07) is 15.2. The molecular weight excluding hydrogens is 394 g/mol. The van der Waals surface area contributed by atoms with Crippen LogP contribution in [0.4, 0.5) is 11.4 Å². The van der Waals surface area contributed by atoms with Gasteiger partial charge in [-0.2, -0.15) is 5.26 Å². The number of nitrogens with one attached hydrogen (secondary N) is 1. The van der Waals surface area contributed by atoms with E-state index in [1.54, 1.807) is 6.07 Å². The van der Waals surface area contributed by atoms with E-state index in [1.807, 2.05) is 36.4 Å². The topological polar surface area (TPSA) is 76.4 Å². The van der Waals surface area contributed by atoms with E-state index in [0.29, 0.717) is 34.9 Å². The highest BCUT2D eigenvalue weighted by Crippen LogP contribution is 2.27. The third-order valence-corrected chi connectivity index (χ3v) is 5.88. The van der Waals surface area contributed by atoms with Crippen LogP contribution in [0.15, 0.2) is 42.5 Å². The van der Waals surface area contributed by atoms with Crippen LogP contribution >= 0.6 is 23.4 Å². The first kappa shape index (κ1) is 20.5. The minimum Gasteiger partial charge on any atom is -0.393 e. The first-order valence-corrected chi connectivity index (χ1v) is 10.7. The average molecular weight is 416 g/mol. The lowest BCUT2D eigenvalue weighted by Gasteiger charge is -2.32. The first-order chi connectivity index (χ1) is 13.5. The van der Waals surface area contributed by atoms with Crippen molar-refractivity contribution in [2.75, 3.05) is 29.1 Å². The number of rotatable bonds is 6. The number of anilines is 2. The zero-order valence-corrected chi connectivity index (χ0v) is 17.0. The molecule has 28 heavy (non-hydrogen) atoms. The summed E-state index contributed by atoms with van der Waals surface area (Å²) >= 11 is 7.39. The average Bonchev–Trinajstić information content (AvgIpc) is 2.70. The number of nitrogens with zero attached hydrogens (tertiary/aromatic N) is 2. The molecule has 0 atom stereocenters. The molecule has 1 fully saturated rings. The number of benzene rings is 2. The van der Waals surface area contributed by atoms with Crippen molar-refractivity contribution in [2.45, 2.75) is 24.7 Å². The highest BCUT2D eigenvalue weighted by Gasteiger charge is 2.19. The molecule has 0 unspecified atom stereocenters. The molecule has 0 radical (unpaired) electrons. The molecule has 0 aromatic heterocycles. The number of carbonyl (C=O) groups is 1. The molecule has 0 aliphatic carbocycles. The fourth-order valence-corrected chi connectivity index (χ4v) is 4.04. The van der Waals surface area contributed by atoms with E-state index in [2.05, 4.69) is 16.3 Å². The number of carbonyl (C=O) groups excluding carboxylic acids is 1. The van der Waals surface area contributed by atoms with Crippen LogP contribution in [0, 0.1) is 11.3 Å². The summed E-state index contributed by atoms with van der Waals surface area (Å²) in [5, 5.41) is 22.7. The second-order valence-corrected chi connectivity index (χ2v) is 8.15. The van der Waals surface area contributed by atoms with Gasteiger partial charge in [-0.05, 0) is 48.7 Å². The second kappa shape index (κ2) is 9.83. The van der Waals surface area contributed by atoms with E-state index in [-0.39, 0.29) is 12.0 Å². The molecule has 5 nitrogen and oxygen atoms in total. The third-order valence-electron chi connectivity index (χ3n) is 4.62. The number of nitriles is 1. The fraction of sp³-hybridized carbons (Fsp3) is 0.333. The molecule has 1 amide bonds. The van der Waals surface area contributed by atoms with Gasteiger partial charge in [-0.3, -0.25) is 4.79 Å². The molecule has 2 aromatic carbocycles. The molecule has 1 saturated heterocycles. The van der Waals surface area contributed by atoms with Gasteiger partial charge in [0.05, 0.1) is 23.1 Å². The fourth-order valence-electron chi connectivity index (χ4n) is 3.13. The highest BCUT2D eigenvalue weighted by molar-refractivity contribution is 7.99. The quantitative estimate of drug-likeness (QED) is 0.744. The summed E-state index contributed by atoms with van der Waals surface area (Å²) in [6.07, 6.45) is 1.15. The van der Waals surface area contributed by atoms with Crippen molar-refractivity contribution in [3.63, 3.8) is 0 Å². The zero-order valence-electron chi connectivity index (χ0n) is 15.4. The smallest absolute Gasteiger partial charge is 0.234 e. The van der Waals surface area contributed by atoms with E-state index in [4.69, 9.17) is 11.6 Å². The Morgan fingerprint density at radius 2 is 1.96 bits per heavy atom. The van der Waals surface area contributed by atoms with Gasteiger partial charge in [0.1, 0.15) is 6.07 Å². The van der Waals surface area contributed by atoms with E-state index < -0.39 is 0 Å². The maximum atomic E-state index is 12.2. The Morgan fingerprint density at radius 1 is 1.25 bits per heavy atom. The molecule has 1 aliphatic rings. The van der Waals surface area contributed by atoms with Gasteiger partial charge >= 0.3 is 0 Å². The predicted molar refractivity (Wildman–Crippen MR) is 115 cm³/mol. The summed E-state index contributed by atoms with van der Waals surface area (Å²) in [5.41, 5.74) is 3.12. The molecule has 146 valence electrons. The summed E-state index contributed by atoms with van der Waals surface area (Å²) in [6.45, 7) is 1.45. The Balaban J connectivity index is 1.54. The number of hydrogen-bond acceptors (Lipinski definition) is 5. The maximum Gasteiger partial charge on any atom is 0.234 e. The van der Waals surface area contributed by atoms with Crippen molar-refractivity contribution in [3.8, 4) is 6.07 Å². The number of thioether (sulfide) groups is 1. The lowest BCUT2D eigenvalue weighted by Crippen LogP contribution is -2.36. The van der Waals surface area contributed by atoms with Gasteiger partial charge in [0, 0.05) is 29.6 Å². The number of aliphatic hydroxyl groups is 1. The second-order valence-electron chi connectivity index (χ2n) is 6.73. The molecule has 7 heteroatoms. The minimum absolute atomic E-state index is 0.100. The first-order valence-electron chi connectivity index (χ1n) is 9.14. The van der Waals surface area contributed by atoms with Gasteiger partial charge < -0.3 is 15.3 Å². The summed E-state index contributed by atoms with van der Waals surface area (Å²) in [7, 11) is 0. The molecule has 0 saturated carbocycles. The van der Waals surface area contributed by atoms with Crippen LogP contribution in [0.5, 0.6) is 0 Å². The summed E-state index contributed by atoms with van der Waals surface area (Å²) in [5.74, 6) is 0.959. The number of aliphatic hydroxyl groups excluding tert-OH is 1. The summed E-state index contributed by atoms with van der Waals surface area (Å²) < 4.78 is 0. The third kappa shape index (κ3) is 5.65. The van der Waals surface area contributed by atoms with Crippen molar-refractivity contribution in [1.29, 1.82) is 5.26 Å². The number of piperidine rings is 1. The molecule has 0 spiro atoms. The highest BCUT2D eigenvalue weighted by atomic mass is 35.5. The Morgan fingerprint density at radius 3 is 2.64 bits per heavy atom. The van der Waals surface area contributed by atoms with Crippen molar-refractivity contribution in [1.82, 2.24) is 0 Å². The lowest BCUT2D eigenvalue weighted by molar-refractivity contribution is -0.113. The van der Waals surface area contributed by atoms with E-state index in [1.165, 1.54) is 11.8 Å². The summed E-state index contributed by atoms with van der Waals surface area (Å²) in [4.78, 5) is 14.3.